The summed E-state index contributed by atoms with van der Waals surface area (Å²) in [7, 11) is 0. The number of hydrogen-bond acceptors (Lipinski definition) is 5. The molecule has 0 unspecified atom stereocenters. The van der Waals surface area contributed by atoms with Crippen molar-refractivity contribution in [3.63, 3.8) is 0 Å². The van der Waals surface area contributed by atoms with Gasteiger partial charge in [0.25, 0.3) is 0 Å². The fourth-order valence-electron chi connectivity index (χ4n) is 4.14. The third kappa shape index (κ3) is 5.07. The van der Waals surface area contributed by atoms with Gasteiger partial charge in [0.2, 0.25) is 5.91 Å². The molecule has 0 bridgehead atoms. The molecule has 1 atom stereocenters. The molecule has 1 amide bonds. The predicted molar refractivity (Wildman–Crippen MR) is 136 cm³/mol. The summed E-state index contributed by atoms with van der Waals surface area (Å²) in [4.78, 5) is 19.7. The number of amides is 1. The van der Waals surface area contributed by atoms with Crippen LogP contribution < -0.4 is 5.32 Å². The Morgan fingerprint density at radius 2 is 2.09 bits per heavy atom. The summed E-state index contributed by atoms with van der Waals surface area (Å²) in [5.74, 6) is -0.139. The van der Waals surface area contributed by atoms with Crippen molar-refractivity contribution >= 4 is 40.1 Å². The smallest absolute Gasteiger partial charge is 0.246 e. The van der Waals surface area contributed by atoms with Crippen LogP contribution in [0.4, 0.5) is 0 Å². The van der Waals surface area contributed by atoms with Crippen molar-refractivity contribution < 1.29 is 4.79 Å². The Labute approximate surface area is 202 Å². The second kappa shape index (κ2) is 10.1. The Morgan fingerprint density at radius 1 is 1.30 bits per heavy atom. The van der Waals surface area contributed by atoms with Gasteiger partial charge in [0.05, 0.1) is 23.1 Å². The maximum atomic E-state index is 12.5. The lowest BCUT2D eigenvalue weighted by Crippen LogP contribution is -2.37. The molecule has 2 N–H and O–H groups in total. The topological polar surface area (TPSA) is 69.1 Å². The van der Waals surface area contributed by atoms with Crippen LogP contribution >= 0.6 is 22.9 Å². The summed E-state index contributed by atoms with van der Waals surface area (Å²) in [6.07, 6.45) is 5.01. The molecule has 3 aromatic rings. The molecule has 2 aromatic heterocycles. The first-order valence-electron chi connectivity index (χ1n) is 10.7. The minimum Gasteiger partial charge on any atom is -0.385 e. The molecule has 4 rings (SSSR count). The highest BCUT2D eigenvalue weighted by atomic mass is 35.5. The lowest BCUT2D eigenvalue weighted by molar-refractivity contribution is -0.127. The van der Waals surface area contributed by atoms with Crippen molar-refractivity contribution in [2.45, 2.75) is 25.9 Å². The molecule has 0 spiro atoms. The molecule has 1 aliphatic heterocycles. The van der Waals surface area contributed by atoms with E-state index in [0.29, 0.717) is 29.7 Å². The van der Waals surface area contributed by atoms with Gasteiger partial charge in [0.15, 0.2) is 0 Å². The molecule has 0 saturated heterocycles. The van der Waals surface area contributed by atoms with Crippen molar-refractivity contribution in [3.8, 4) is 0 Å². The number of rotatable bonds is 7. The van der Waals surface area contributed by atoms with Gasteiger partial charge in [-0.2, -0.15) is 0 Å². The number of halogens is 1. The van der Waals surface area contributed by atoms with Crippen LogP contribution in [0.5, 0.6) is 0 Å². The minimum absolute atomic E-state index is 0.0452. The number of benzene rings is 1. The number of nitrogens with one attached hydrogen (secondary N) is 2. The quantitative estimate of drug-likeness (QED) is 0.343. The van der Waals surface area contributed by atoms with E-state index in [-0.39, 0.29) is 11.8 Å². The second-order valence-electron chi connectivity index (χ2n) is 7.88. The molecular weight excluding hydrogens is 452 g/mol. The van der Waals surface area contributed by atoms with Gasteiger partial charge in [-0.05, 0) is 47.9 Å². The van der Waals surface area contributed by atoms with E-state index in [1.807, 2.05) is 53.6 Å². The highest BCUT2D eigenvalue weighted by Crippen LogP contribution is 2.42. The lowest BCUT2D eigenvalue weighted by Gasteiger charge is -2.33. The molecule has 1 aliphatic rings. The highest BCUT2D eigenvalue weighted by Gasteiger charge is 2.32. The van der Waals surface area contributed by atoms with Gasteiger partial charge in [0, 0.05) is 41.0 Å². The van der Waals surface area contributed by atoms with Crippen LogP contribution in [-0.4, -0.2) is 28.0 Å². The fraction of sp³-hybridized carbons (Fsp3) is 0.192. The highest BCUT2D eigenvalue weighted by molar-refractivity contribution is 7.16. The monoisotopic (exact) mass is 476 g/mol. The minimum atomic E-state index is -0.0938. The largest absolute Gasteiger partial charge is 0.385 e. The summed E-state index contributed by atoms with van der Waals surface area (Å²) >= 11 is 7.89. The molecule has 5 nitrogen and oxygen atoms in total. The van der Waals surface area contributed by atoms with Crippen molar-refractivity contribution in [1.82, 2.24) is 15.2 Å². The number of hydrogen-bond donors (Lipinski definition) is 2. The van der Waals surface area contributed by atoms with E-state index in [0.717, 1.165) is 32.8 Å². The number of fused-ring (bicyclic) bond motifs is 1. The number of thiophene rings is 1. The number of nitrogens with zero attached hydrogens (tertiary/aromatic N) is 2. The van der Waals surface area contributed by atoms with E-state index in [4.69, 9.17) is 17.0 Å². The fourth-order valence-corrected chi connectivity index (χ4v) is 5.50. The van der Waals surface area contributed by atoms with Gasteiger partial charge in [-0.25, -0.2) is 0 Å². The summed E-state index contributed by atoms with van der Waals surface area (Å²) < 4.78 is 0.714. The van der Waals surface area contributed by atoms with Gasteiger partial charge in [-0.15, -0.1) is 11.3 Å². The van der Waals surface area contributed by atoms with Crippen LogP contribution in [0.3, 0.4) is 0 Å². The average molecular weight is 477 g/mol. The third-order valence-electron chi connectivity index (χ3n) is 5.70. The number of carbonyl (C=O) groups excluding carboxylic acids is 1. The van der Waals surface area contributed by atoms with Crippen LogP contribution in [0.1, 0.15) is 40.1 Å². The number of allylic oxidation sites excluding steroid dienone is 1. The first kappa shape index (κ1) is 23.0. The van der Waals surface area contributed by atoms with Crippen LogP contribution in [0, 0.1) is 5.41 Å². The Kier molecular flexibility index (Phi) is 7.06. The summed E-state index contributed by atoms with van der Waals surface area (Å²) in [5.41, 5.74) is 5.35. The van der Waals surface area contributed by atoms with E-state index in [2.05, 4.69) is 22.9 Å². The van der Waals surface area contributed by atoms with Gasteiger partial charge in [0.1, 0.15) is 0 Å². The molecular formula is C26H25ClN4OS. The zero-order valence-corrected chi connectivity index (χ0v) is 19.9. The maximum Gasteiger partial charge on any atom is 0.246 e. The molecule has 0 aliphatic carbocycles. The van der Waals surface area contributed by atoms with Crippen molar-refractivity contribution in [1.29, 1.82) is 5.41 Å². The standard InChI is InChI=1S/C26H25ClN4OS/c1-3-26(32)31-15-23(21-12-25(27)33-24(21)16-31)20-10-5-4-9-19(20)22(17(2)28)14-29-13-18-8-6-7-11-30-18/h3-12,14,23,28-29H,1,13,15-16H2,2H3/b22-14+,28-17?/t23-/m1/s1. The van der Waals surface area contributed by atoms with Crippen LogP contribution in [0.2, 0.25) is 4.34 Å². The normalized spacial score (nSPS) is 15.6. The summed E-state index contributed by atoms with van der Waals surface area (Å²) in [5, 5.41) is 11.8. The van der Waals surface area contributed by atoms with E-state index in [9.17, 15) is 4.79 Å². The number of aromatic nitrogens is 1. The van der Waals surface area contributed by atoms with Crippen molar-refractivity contribution in [2.24, 2.45) is 0 Å². The summed E-state index contributed by atoms with van der Waals surface area (Å²) in [6.45, 7) is 7.08. The van der Waals surface area contributed by atoms with E-state index in [1.165, 1.54) is 17.4 Å². The molecule has 168 valence electrons. The van der Waals surface area contributed by atoms with E-state index >= 15 is 0 Å². The average Bonchev–Trinajstić information content (AvgIpc) is 3.21. The summed E-state index contributed by atoms with van der Waals surface area (Å²) in [6, 6.07) is 15.9. The SMILES string of the molecule is C=CC(=O)N1Cc2sc(Cl)cc2[C@@H](c2ccccc2/C(=C/NCc2ccccn2)C(C)=N)C1. The zero-order chi connectivity index (χ0) is 23.4. The van der Waals surface area contributed by atoms with Gasteiger partial charge in [-0.1, -0.05) is 48.5 Å². The van der Waals surface area contributed by atoms with Crippen LogP contribution in [0.15, 0.2) is 73.6 Å². The van der Waals surface area contributed by atoms with Gasteiger partial charge < -0.3 is 15.6 Å². The number of pyridine rings is 1. The van der Waals surface area contributed by atoms with Gasteiger partial charge >= 0.3 is 0 Å². The van der Waals surface area contributed by atoms with Crippen LogP contribution in [-0.2, 0) is 17.9 Å². The van der Waals surface area contributed by atoms with E-state index in [1.54, 1.807) is 13.1 Å². The predicted octanol–water partition coefficient (Wildman–Crippen LogP) is 5.63. The molecule has 0 saturated carbocycles. The molecule has 3 heterocycles. The molecule has 1 aromatic carbocycles. The Morgan fingerprint density at radius 3 is 2.82 bits per heavy atom. The number of carbonyl (C=O) groups is 1. The second-order valence-corrected chi connectivity index (χ2v) is 9.64. The van der Waals surface area contributed by atoms with Crippen molar-refractivity contribution in [2.75, 3.05) is 6.54 Å². The Hall–Kier alpha value is -3.22. The molecule has 33 heavy (non-hydrogen) atoms. The van der Waals surface area contributed by atoms with Crippen molar-refractivity contribution in [3.05, 3.63) is 105 Å². The van der Waals surface area contributed by atoms with Gasteiger partial charge in [-0.3, -0.25) is 9.78 Å². The zero-order valence-electron chi connectivity index (χ0n) is 18.3. The molecule has 0 fully saturated rings. The third-order valence-corrected chi connectivity index (χ3v) is 6.96. The maximum absolute atomic E-state index is 12.5. The van der Waals surface area contributed by atoms with E-state index < -0.39 is 0 Å². The lowest BCUT2D eigenvalue weighted by atomic mass is 9.83. The van der Waals surface area contributed by atoms with Crippen LogP contribution in [0.25, 0.3) is 5.57 Å². The molecule has 7 heteroatoms. The first-order valence-corrected chi connectivity index (χ1v) is 11.8. The Balaban J connectivity index is 1.72. The first-order chi connectivity index (χ1) is 16.0. The Bertz CT molecular complexity index is 1220. The molecule has 0 radical (unpaired) electrons.